The van der Waals surface area contributed by atoms with Gasteiger partial charge >= 0.3 is 0 Å². The van der Waals surface area contributed by atoms with Crippen LogP contribution < -0.4 is 5.73 Å². The van der Waals surface area contributed by atoms with Crippen LogP contribution in [-0.2, 0) is 0 Å². The molecule has 3 heteroatoms. The normalized spacial score (nSPS) is 37.0. The summed E-state index contributed by atoms with van der Waals surface area (Å²) in [5.41, 5.74) is 7.21. The smallest absolute Gasteiger partial charge is 0.0712 e. The van der Waals surface area contributed by atoms with Crippen LogP contribution in [0, 0.1) is 17.8 Å². The molecule has 0 aromatic heterocycles. The summed E-state index contributed by atoms with van der Waals surface area (Å²) in [7, 11) is 0. The Kier molecular flexibility index (Phi) is 5.13. The lowest BCUT2D eigenvalue weighted by Crippen LogP contribution is -2.58. The molecule has 6 unspecified atom stereocenters. The Balaban J connectivity index is 1.62. The summed E-state index contributed by atoms with van der Waals surface area (Å²) in [6.07, 6.45) is 4.05. The van der Waals surface area contributed by atoms with Crippen LogP contribution in [0.5, 0.6) is 0 Å². The van der Waals surface area contributed by atoms with Crippen LogP contribution in [0.3, 0.4) is 0 Å². The van der Waals surface area contributed by atoms with Gasteiger partial charge in [0.25, 0.3) is 0 Å². The second-order valence-corrected chi connectivity index (χ2v) is 10.8. The maximum absolute atomic E-state index is 11.9. The zero-order valence-corrected chi connectivity index (χ0v) is 17.2. The van der Waals surface area contributed by atoms with Crippen molar-refractivity contribution in [3.05, 3.63) is 66.2 Å². The number of fused-ring (bicyclic) bond motifs is 2. The van der Waals surface area contributed by atoms with Crippen LogP contribution in [-0.4, -0.2) is 15.5 Å². The van der Waals surface area contributed by atoms with Crippen molar-refractivity contribution >= 4 is 11.8 Å². The van der Waals surface area contributed by atoms with E-state index >= 15 is 0 Å². The summed E-state index contributed by atoms with van der Waals surface area (Å²) in [5, 5.41) is 11.9. The van der Waals surface area contributed by atoms with Gasteiger partial charge in [-0.3, -0.25) is 0 Å². The molecular formula is C24H31NOS. The van der Waals surface area contributed by atoms with Gasteiger partial charge in [0.15, 0.2) is 0 Å². The van der Waals surface area contributed by atoms with Gasteiger partial charge < -0.3 is 10.8 Å². The summed E-state index contributed by atoms with van der Waals surface area (Å²) in [4.78, 5) is 1.29. The molecule has 0 spiro atoms. The van der Waals surface area contributed by atoms with E-state index in [1.807, 2.05) is 30.0 Å². The fraction of sp³-hybridized carbons (Fsp3) is 0.500. The van der Waals surface area contributed by atoms with Crippen molar-refractivity contribution < 1.29 is 5.11 Å². The maximum atomic E-state index is 11.9. The molecule has 0 aliphatic heterocycles. The molecule has 2 aliphatic carbocycles. The summed E-state index contributed by atoms with van der Waals surface area (Å²) < 4.78 is 0.0494. The van der Waals surface area contributed by atoms with Crippen molar-refractivity contribution in [2.24, 2.45) is 23.5 Å². The van der Waals surface area contributed by atoms with E-state index in [-0.39, 0.29) is 16.7 Å². The zero-order chi connectivity index (χ0) is 19.1. The Morgan fingerprint density at radius 2 is 1.67 bits per heavy atom. The van der Waals surface area contributed by atoms with E-state index < -0.39 is 5.60 Å². The lowest BCUT2D eigenvalue weighted by Gasteiger charge is -2.57. The Morgan fingerprint density at radius 3 is 2.33 bits per heavy atom. The van der Waals surface area contributed by atoms with Gasteiger partial charge in [0.05, 0.1) is 5.60 Å². The number of aliphatic hydroxyl groups is 1. The standard InChI is InChI=1S/C24H31NOS/c1-17-13-18-14-23(2,27-20-11-7-4-8-12-20)16-24(26,15-18)21(17)22(25)19-9-5-3-6-10-19/h3-12,17-18,21-22,26H,13-16,25H2,1-2H3. The minimum Gasteiger partial charge on any atom is -0.389 e. The van der Waals surface area contributed by atoms with E-state index in [9.17, 15) is 5.11 Å². The molecule has 0 heterocycles. The molecule has 2 saturated carbocycles. The van der Waals surface area contributed by atoms with Crippen molar-refractivity contribution in [1.82, 2.24) is 0 Å². The van der Waals surface area contributed by atoms with Crippen LogP contribution in [0.4, 0.5) is 0 Å². The van der Waals surface area contributed by atoms with Gasteiger partial charge in [0, 0.05) is 21.6 Å². The van der Waals surface area contributed by atoms with Gasteiger partial charge in [-0.2, -0.15) is 0 Å². The third-order valence-corrected chi connectivity index (χ3v) is 7.97. The zero-order valence-electron chi connectivity index (χ0n) is 16.3. The van der Waals surface area contributed by atoms with Crippen molar-refractivity contribution in [3.63, 3.8) is 0 Å². The van der Waals surface area contributed by atoms with E-state index in [0.717, 1.165) is 18.4 Å². The maximum Gasteiger partial charge on any atom is 0.0712 e. The molecule has 144 valence electrons. The molecule has 0 saturated heterocycles. The van der Waals surface area contributed by atoms with E-state index in [0.29, 0.717) is 11.8 Å². The van der Waals surface area contributed by atoms with E-state index in [4.69, 9.17) is 5.73 Å². The first-order chi connectivity index (χ1) is 12.9. The highest BCUT2D eigenvalue weighted by molar-refractivity contribution is 8.00. The average Bonchev–Trinajstić information content (AvgIpc) is 2.61. The lowest BCUT2D eigenvalue weighted by molar-refractivity contribution is -0.130. The number of thioether (sulfide) groups is 1. The van der Waals surface area contributed by atoms with Crippen molar-refractivity contribution in [2.75, 3.05) is 0 Å². The minimum absolute atomic E-state index is 0.0494. The molecule has 2 aromatic rings. The van der Waals surface area contributed by atoms with E-state index in [2.05, 4.69) is 56.3 Å². The molecule has 0 radical (unpaired) electrons. The lowest BCUT2D eigenvalue weighted by atomic mass is 9.55. The fourth-order valence-corrected chi connectivity index (χ4v) is 7.52. The molecule has 2 aromatic carbocycles. The first kappa shape index (κ1) is 19.0. The Labute approximate surface area is 167 Å². The molecule has 6 atom stereocenters. The Hall–Kier alpha value is -1.29. The topological polar surface area (TPSA) is 46.2 Å². The van der Waals surface area contributed by atoms with E-state index in [1.165, 1.54) is 17.7 Å². The summed E-state index contributed by atoms with van der Waals surface area (Å²) in [6, 6.07) is 20.8. The number of hydrogen-bond donors (Lipinski definition) is 2. The molecule has 2 fully saturated rings. The minimum atomic E-state index is -0.688. The monoisotopic (exact) mass is 381 g/mol. The molecule has 3 N–H and O–H groups in total. The number of hydrogen-bond acceptors (Lipinski definition) is 3. The van der Waals surface area contributed by atoms with Gasteiger partial charge in [-0.05, 0) is 62.1 Å². The highest BCUT2D eigenvalue weighted by atomic mass is 32.2. The largest absolute Gasteiger partial charge is 0.389 e. The Morgan fingerprint density at radius 1 is 1.04 bits per heavy atom. The third kappa shape index (κ3) is 3.83. The highest BCUT2D eigenvalue weighted by Gasteiger charge is 2.56. The summed E-state index contributed by atoms with van der Waals surface area (Å²) >= 11 is 1.93. The first-order valence-corrected chi connectivity index (χ1v) is 11.0. The van der Waals surface area contributed by atoms with Gasteiger partial charge in [-0.15, -0.1) is 11.8 Å². The van der Waals surface area contributed by atoms with Crippen LogP contribution in [0.2, 0.25) is 0 Å². The fourth-order valence-electron chi connectivity index (χ4n) is 6.02. The number of nitrogens with two attached hydrogens (primary N) is 1. The highest BCUT2D eigenvalue weighted by Crippen LogP contribution is 2.58. The quantitative estimate of drug-likeness (QED) is 0.743. The van der Waals surface area contributed by atoms with Gasteiger partial charge in [-0.25, -0.2) is 0 Å². The van der Waals surface area contributed by atoms with Gasteiger partial charge in [0.2, 0.25) is 0 Å². The van der Waals surface area contributed by atoms with Crippen LogP contribution in [0.15, 0.2) is 65.6 Å². The second kappa shape index (κ2) is 7.27. The molecular weight excluding hydrogens is 350 g/mol. The van der Waals surface area contributed by atoms with Crippen molar-refractivity contribution in [2.45, 2.75) is 60.8 Å². The molecule has 4 rings (SSSR count). The van der Waals surface area contributed by atoms with Crippen LogP contribution in [0.1, 0.15) is 51.1 Å². The third-order valence-electron chi connectivity index (χ3n) is 6.66. The summed E-state index contributed by atoms with van der Waals surface area (Å²) in [5.74, 6) is 1.13. The van der Waals surface area contributed by atoms with Crippen molar-refractivity contribution in [3.8, 4) is 0 Å². The van der Waals surface area contributed by atoms with Crippen molar-refractivity contribution in [1.29, 1.82) is 0 Å². The van der Waals surface area contributed by atoms with Crippen LogP contribution in [0.25, 0.3) is 0 Å². The second-order valence-electron chi connectivity index (χ2n) is 9.09. The summed E-state index contributed by atoms with van der Waals surface area (Å²) in [6.45, 7) is 4.63. The predicted octanol–water partition coefficient (Wildman–Crippen LogP) is 5.42. The van der Waals surface area contributed by atoms with E-state index in [1.54, 1.807) is 0 Å². The average molecular weight is 382 g/mol. The molecule has 2 nitrogen and oxygen atoms in total. The molecule has 2 aliphatic rings. The number of rotatable bonds is 4. The number of benzene rings is 2. The van der Waals surface area contributed by atoms with Gasteiger partial charge in [0.1, 0.15) is 0 Å². The Bertz CT molecular complexity index is 766. The SMILES string of the molecule is CC1CC2CC(C)(Sc3ccccc3)CC(O)(C2)C1C(N)c1ccccc1. The first-order valence-electron chi connectivity index (χ1n) is 10.2. The molecule has 2 bridgehead atoms. The van der Waals surface area contributed by atoms with Crippen LogP contribution >= 0.6 is 11.8 Å². The predicted molar refractivity (Wildman–Crippen MR) is 114 cm³/mol. The molecule has 0 amide bonds. The molecule has 27 heavy (non-hydrogen) atoms. The van der Waals surface area contributed by atoms with Gasteiger partial charge in [-0.1, -0.05) is 55.5 Å².